The Morgan fingerprint density at radius 3 is 2.37 bits per heavy atom. The molecule has 1 amide bonds. The van der Waals surface area contributed by atoms with Crippen LogP contribution in [0, 0.1) is 0 Å². The lowest BCUT2D eigenvalue weighted by molar-refractivity contribution is -0.145. The summed E-state index contributed by atoms with van der Waals surface area (Å²) in [5.41, 5.74) is 7.70. The minimum absolute atomic E-state index is 0.284. The predicted octanol–water partition coefficient (Wildman–Crippen LogP) is 2.12. The Balaban J connectivity index is 2.03. The average Bonchev–Trinajstić information content (AvgIpc) is 2.67. The normalized spacial score (nSPS) is 12.7. The largest absolute Gasteiger partial charge is 0.497 e. The highest BCUT2D eigenvalue weighted by Crippen LogP contribution is 2.14. The fourth-order valence-electron chi connectivity index (χ4n) is 2.62. The molecule has 0 spiro atoms. The number of ether oxygens (including phenoxy) is 2. The zero-order valence-corrected chi connectivity index (χ0v) is 16.0. The van der Waals surface area contributed by atoms with Crippen LogP contribution in [0.15, 0.2) is 48.5 Å². The van der Waals surface area contributed by atoms with Gasteiger partial charge in [-0.25, -0.2) is 4.79 Å². The molecule has 0 aliphatic heterocycles. The smallest absolute Gasteiger partial charge is 0.328 e. The zero-order valence-electron chi connectivity index (χ0n) is 15.3. The Bertz CT molecular complexity index is 780. The molecular formula is C20H23ClN2O4. The summed E-state index contributed by atoms with van der Waals surface area (Å²) >= 11 is 5.95. The molecule has 0 bridgehead atoms. The second-order valence-corrected chi connectivity index (χ2v) is 6.51. The summed E-state index contributed by atoms with van der Waals surface area (Å²) in [6, 6.07) is 12.7. The Kier molecular flexibility index (Phi) is 7.64. The standard InChI is InChI=1S/C20H23ClN2O4/c1-26-16-8-6-13(7-9-16)12-18(20(25)27-2)23-19(24)17(22)11-14-4-3-5-15(21)10-14/h3-10,17-18H,11-12,22H2,1-2H3,(H,23,24)/t17-,18-/m0/s1. The Morgan fingerprint density at radius 1 is 1.07 bits per heavy atom. The van der Waals surface area contributed by atoms with Crippen LogP contribution in [0.1, 0.15) is 11.1 Å². The lowest BCUT2D eigenvalue weighted by Crippen LogP contribution is -2.50. The van der Waals surface area contributed by atoms with E-state index < -0.39 is 24.0 Å². The van der Waals surface area contributed by atoms with Crippen molar-refractivity contribution < 1.29 is 19.1 Å². The molecule has 2 atom stereocenters. The third-order valence-corrected chi connectivity index (χ3v) is 4.32. The van der Waals surface area contributed by atoms with Crippen LogP contribution in [0.2, 0.25) is 5.02 Å². The first kappa shape index (κ1) is 20.7. The van der Waals surface area contributed by atoms with E-state index in [-0.39, 0.29) is 6.42 Å². The van der Waals surface area contributed by atoms with Crippen LogP contribution in [-0.2, 0) is 27.2 Å². The average molecular weight is 391 g/mol. The van der Waals surface area contributed by atoms with E-state index in [4.69, 9.17) is 26.8 Å². The maximum Gasteiger partial charge on any atom is 0.328 e. The van der Waals surface area contributed by atoms with Crippen molar-refractivity contribution in [3.63, 3.8) is 0 Å². The third kappa shape index (κ3) is 6.27. The first-order valence-electron chi connectivity index (χ1n) is 8.44. The van der Waals surface area contributed by atoms with E-state index in [0.29, 0.717) is 17.2 Å². The van der Waals surface area contributed by atoms with Crippen LogP contribution < -0.4 is 15.8 Å². The Morgan fingerprint density at radius 2 is 1.78 bits per heavy atom. The number of hydrogen-bond acceptors (Lipinski definition) is 5. The maximum absolute atomic E-state index is 12.5. The van der Waals surface area contributed by atoms with Gasteiger partial charge in [0.25, 0.3) is 0 Å². The van der Waals surface area contributed by atoms with E-state index >= 15 is 0 Å². The molecule has 0 heterocycles. The van der Waals surface area contributed by atoms with Crippen molar-refractivity contribution in [1.82, 2.24) is 5.32 Å². The first-order valence-corrected chi connectivity index (χ1v) is 8.82. The maximum atomic E-state index is 12.5. The van der Waals surface area contributed by atoms with Crippen LogP contribution in [0.4, 0.5) is 0 Å². The van der Waals surface area contributed by atoms with E-state index in [1.807, 2.05) is 18.2 Å². The lowest BCUT2D eigenvalue weighted by atomic mass is 10.0. The third-order valence-electron chi connectivity index (χ3n) is 4.08. The number of carbonyl (C=O) groups excluding carboxylic acids is 2. The van der Waals surface area contributed by atoms with Gasteiger partial charge in [-0.1, -0.05) is 35.9 Å². The number of benzene rings is 2. The number of carbonyl (C=O) groups is 2. The number of nitrogens with two attached hydrogens (primary N) is 1. The van der Waals surface area contributed by atoms with E-state index in [1.54, 1.807) is 37.4 Å². The van der Waals surface area contributed by atoms with Crippen molar-refractivity contribution in [2.75, 3.05) is 14.2 Å². The molecule has 27 heavy (non-hydrogen) atoms. The minimum Gasteiger partial charge on any atom is -0.497 e. The molecule has 2 rings (SSSR count). The highest BCUT2D eigenvalue weighted by Gasteiger charge is 2.25. The number of esters is 1. The Labute approximate surface area is 163 Å². The number of halogens is 1. The van der Waals surface area contributed by atoms with Gasteiger partial charge in [0.2, 0.25) is 5.91 Å². The number of amides is 1. The molecule has 0 aliphatic rings. The molecule has 0 aromatic heterocycles. The summed E-state index contributed by atoms with van der Waals surface area (Å²) in [4.78, 5) is 24.5. The fraction of sp³-hybridized carbons (Fsp3) is 0.300. The number of methoxy groups -OCH3 is 2. The van der Waals surface area contributed by atoms with E-state index in [0.717, 1.165) is 11.1 Å². The van der Waals surface area contributed by atoms with Gasteiger partial charge in [-0.15, -0.1) is 0 Å². The van der Waals surface area contributed by atoms with Gasteiger partial charge in [-0.3, -0.25) is 4.79 Å². The van der Waals surface area contributed by atoms with Gasteiger partial charge < -0.3 is 20.5 Å². The topological polar surface area (TPSA) is 90.6 Å². The van der Waals surface area contributed by atoms with Gasteiger partial charge in [-0.2, -0.15) is 0 Å². The molecular weight excluding hydrogens is 368 g/mol. The van der Waals surface area contributed by atoms with Gasteiger partial charge in [0.1, 0.15) is 11.8 Å². The van der Waals surface area contributed by atoms with E-state index in [2.05, 4.69) is 5.32 Å². The second kappa shape index (κ2) is 9.94. The van der Waals surface area contributed by atoms with Crippen LogP contribution in [0.5, 0.6) is 5.75 Å². The molecule has 0 saturated carbocycles. The van der Waals surface area contributed by atoms with Gasteiger partial charge in [0.05, 0.1) is 20.3 Å². The van der Waals surface area contributed by atoms with Crippen molar-refractivity contribution in [3.8, 4) is 5.75 Å². The lowest BCUT2D eigenvalue weighted by Gasteiger charge is -2.19. The highest BCUT2D eigenvalue weighted by atomic mass is 35.5. The molecule has 2 aromatic carbocycles. The summed E-state index contributed by atoms with van der Waals surface area (Å²) in [5, 5.41) is 3.25. The van der Waals surface area contributed by atoms with E-state index in [9.17, 15) is 9.59 Å². The van der Waals surface area contributed by atoms with Gasteiger partial charge in [-0.05, 0) is 41.8 Å². The molecule has 0 unspecified atom stereocenters. The molecule has 2 aromatic rings. The van der Waals surface area contributed by atoms with Crippen LogP contribution in [0.25, 0.3) is 0 Å². The summed E-state index contributed by atoms with van der Waals surface area (Å²) in [5.74, 6) is -0.256. The van der Waals surface area contributed by atoms with Crippen molar-refractivity contribution in [3.05, 3.63) is 64.7 Å². The molecule has 144 valence electrons. The molecule has 0 radical (unpaired) electrons. The predicted molar refractivity (Wildman–Crippen MR) is 104 cm³/mol. The van der Waals surface area contributed by atoms with Crippen molar-refractivity contribution in [1.29, 1.82) is 0 Å². The minimum atomic E-state index is -0.832. The van der Waals surface area contributed by atoms with Crippen molar-refractivity contribution in [2.24, 2.45) is 5.73 Å². The summed E-state index contributed by atoms with van der Waals surface area (Å²) in [6.07, 6.45) is 0.592. The zero-order chi connectivity index (χ0) is 19.8. The summed E-state index contributed by atoms with van der Waals surface area (Å²) in [6.45, 7) is 0. The van der Waals surface area contributed by atoms with Crippen LogP contribution in [-0.4, -0.2) is 38.2 Å². The monoisotopic (exact) mass is 390 g/mol. The fourth-order valence-corrected chi connectivity index (χ4v) is 2.84. The second-order valence-electron chi connectivity index (χ2n) is 6.08. The number of rotatable bonds is 8. The van der Waals surface area contributed by atoms with Gasteiger partial charge in [0.15, 0.2) is 0 Å². The molecule has 3 N–H and O–H groups in total. The number of nitrogens with one attached hydrogen (secondary N) is 1. The molecule has 7 heteroatoms. The summed E-state index contributed by atoms with van der Waals surface area (Å²) in [7, 11) is 2.86. The molecule has 0 saturated heterocycles. The summed E-state index contributed by atoms with van der Waals surface area (Å²) < 4.78 is 9.92. The SMILES string of the molecule is COC(=O)[C@H](Cc1ccc(OC)cc1)NC(=O)[C@@H](N)Cc1cccc(Cl)c1. The highest BCUT2D eigenvalue weighted by molar-refractivity contribution is 6.30. The first-order chi connectivity index (χ1) is 12.9. The van der Waals surface area contributed by atoms with Crippen molar-refractivity contribution in [2.45, 2.75) is 24.9 Å². The van der Waals surface area contributed by atoms with E-state index in [1.165, 1.54) is 7.11 Å². The molecule has 0 aliphatic carbocycles. The quantitative estimate of drug-likeness (QED) is 0.674. The molecule has 6 nitrogen and oxygen atoms in total. The van der Waals surface area contributed by atoms with Crippen molar-refractivity contribution >= 4 is 23.5 Å². The van der Waals surface area contributed by atoms with Gasteiger partial charge >= 0.3 is 5.97 Å². The van der Waals surface area contributed by atoms with Crippen LogP contribution in [0.3, 0.4) is 0 Å². The molecule has 0 fully saturated rings. The van der Waals surface area contributed by atoms with Gasteiger partial charge in [0, 0.05) is 11.4 Å². The number of hydrogen-bond donors (Lipinski definition) is 2. The Hall–Kier alpha value is -2.57. The van der Waals surface area contributed by atoms with Crippen LogP contribution >= 0.6 is 11.6 Å².